The molecule has 1 amide bonds. The van der Waals surface area contributed by atoms with Gasteiger partial charge in [-0.25, -0.2) is 4.39 Å². The van der Waals surface area contributed by atoms with Crippen LogP contribution in [0.25, 0.3) is 0 Å². The zero-order chi connectivity index (χ0) is 17.1. The highest BCUT2D eigenvalue weighted by Gasteiger charge is 2.31. The summed E-state index contributed by atoms with van der Waals surface area (Å²) in [6.45, 7) is 5.94. The van der Waals surface area contributed by atoms with Gasteiger partial charge in [-0.1, -0.05) is 31.1 Å². The lowest BCUT2D eigenvalue weighted by atomic mass is 10.0. The Bertz CT molecular complexity index is 722. The van der Waals surface area contributed by atoms with Crippen LogP contribution in [0.15, 0.2) is 34.9 Å². The summed E-state index contributed by atoms with van der Waals surface area (Å²) in [5.41, 5.74) is 1.57. The Balaban J connectivity index is 0.00000225. The maximum absolute atomic E-state index is 13.6. The predicted octanol–water partition coefficient (Wildman–Crippen LogP) is 3.54. The first-order chi connectivity index (χ1) is 11.6. The maximum Gasteiger partial charge on any atom is 0.293 e. The van der Waals surface area contributed by atoms with Crippen LogP contribution in [0, 0.1) is 5.82 Å². The van der Waals surface area contributed by atoms with Crippen molar-refractivity contribution in [3.63, 3.8) is 0 Å². The minimum Gasteiger partial charge on any atom is -0.351 e. The monoisotopic (exact) mass is 367 g/mol. The highest BCUT2D eigenvalue weighted by Crippen LogP contribution is 2.26. The Morgan fingerprint density at radius 3 is 3.00 bits per heavy atom. The van der Waals surface area contributed by atoms with Gasteiger partial charge >= 0.3 is 0 Å². The molecule has 0 bridgehead atoms. The minimum atomic E-state index is -0.302. The molecule has 3 rings (SSSR count). The molecule has 0 radical (unpaired) electrons. The Kier molecular flexibility index (Phi) is 6.56. The van der Waals surface area contributed by atoms with Crippen LogP contribution in [-0.4, -0.2) is 35.6 Å². The van der Waals surface area contributed by atoms with Gasteiger partial charge < -0.3 is 14.7 Å². The fourth-order valence-corrected chi connectivity index (χ4v) is 2.93. The van der Waals surface area contributed by atoms with E-state index in [2.05, 4.69) is 17.4 Å². The number of aromatic nitrogens is 1. The van der Waals surface area contributed by atoms with Crippen molar-refractivity contribution in [2.75, 3.05) is 19.6 Å². The van der Waals surface area contributed by atoms with Gasteiger partial charge in [0.05, 0.1) is 11.7 Å². The molecule has 2 aromatic rings. The molecule has 1 saturated heterocycles. The Labute approximate surface area is 153 Å². The standard InChI is InChI=1S/C18H22FN3O2.ClH/c1-3-12(2)15-10-17(24-21-15)18(23)22-8-7-20-11-16(22)13-5-4-6-14(19)9-13;/h4-6,9-10,12,16,20H,3,7-8,11H2,1-2H3;1H. The first kappa shape index (κ1) is 19.4. The van der Waals surface area contributed by atoms with Crippen LogP contribution in [0.1, 0.15) is 54.0 Å². The third-order valence-corrected chi connectivity index (χ3v) is 4.59. The van der Waals surface area contributed by atoms with E-state index >= 15 is 0 Å². The van der Waals surface area contributed by atoms with E-state index in [0.717, 1.165) is 17.7 Å². The fraction of sp³-hybridized carbons (Fsp3) is 0.444. The molecule has 2 heterocycles. The first-order valence-corrected chi connectivity index (χ1v) is 8.34. The highest BCUT2D eigenvalue weighted by molar-refractivity contribution is 5.92. The van der Waals surface area contributed by atoms with Gasteiger partial charge in [0.2, 0.25) is 5.76 Å². The number of carbonyl (C=O) groups is 1. The van der Waals surface area contributed by atoms with Gasteiger partial charge in [-0.2, -0.15) is 0 Å². The largest absolute Gasteiger partial charge is 0.351 e. The van der Waals surface area contributed by atoms with Crippen molar-refractivity contribution >= 4 is 18.3 Å². The number of hydrogen-bond donors (Lipinski definition) is 1. The van der Waals surface area contributed by atoms with Crippen molar-refractivity contribution in [2.24, 2.45) is 0 Å². The summed E-state index contributed by atoms with van der Waals surface area (Å²) >= 11 is 0. The number of benzene rings is 1. The molecule has 25 heavy (non-hydrogen) atoms. The van der Waals surface area contributed by atoms with Gasteiger partial charge in [0.25, 0.3) is 5.91 Å². The number of halogens is 2. The van der Waals surface area contributed by atoms with E-state index in [9.17, 15) is 9.18 Å². The molecule has 2 atom stereocenters. The summed E-state index contributed by atoms with van der Waals surface area (Å²) in [5.74, 6) is -0.0112. The molecule has 0 saturated carbocycles. The second-order valence-corrected chi connectivity index (χ2v) is 6.20. The van der Waals surface area contributed by atoms with Crippen molar-refractivity contribution in [3.8, 4) is 0 Å². The predicted molar refractivity (Wildman–Crippen MR) is 95.5 cm³/mol. The minimum absolute atomic E-state index is 0. The third kappa shape index (κ3) is 4.19. The second-order valence-electron chi connectivity index (χ2n) is 6.20. The lowest BCUT2D eigenvalue weighted by Crippen LogP contribution is -2.48. The van der Waals surface area contributed by atoms with E-state index in [4.69, 9.17) is 4.52 Å². The van der Waals surface area contributed by atoms with E-state index < -0.39 is 0 Å². The maximum atomic E-state index is 13.6. The number of nitrogens with one attached hydrogen (secondary N) is 1. The molecule has 0 aliphatic carbocycles. The molecule has 1 N–H and O–H groups in total. The molecule has 1 aromatic heterocycles. The summed E-state index contributed by atoms with van der Waals surface area (Å²) in [7, 11) is 0. The van der Waals surface area contributed by atoms with Crippen LogP contribution >= 0.6 is 12.4 Å². The number of amides is 1. The van der Waals surface area contributed by atoms with Gasteiger partial charge in [-0.3, -0.25) is 4.79 Å². The molecule has 1 fully saturated rings. The van der Waals surface area contributed by atoms with E-state index in [1.54, 1.807) is 17.0 Å². The number of rotatable bonds is 4. The third-order valence-electron chi connectivity index (χ3n) is 4.59. The lowest BCUT2D eigenvalue weighted by molar-refractivity contribution is 0.0591. The number of nitrogens with zero attached hydrogens (tertiary/aromatic N) is 2. The van der Waals surface area contributed by atoms with Crippen molar-refractivity contribution in [2.45, 2.75) is 32.2 Å². The average molecular weight is 368 g/mol. The molecule has 1 aliphatic rings. The molecular formula is C18H23ClFN3O2. The van der Waals surface area contributed by atoms with Gasteiger partial charge in [-0.05, 0) is 24.1 Å². The van der Waals surface area contributed by atoms with Crippen molar-refractivity contribution in [3.05, 3.63) is 53.2 Å². The van der Waals surface area contributed by atoms with Crippen LogP contribution < -0.4 is 5.32 Å². The molecule has 5 nitrogen and oxygen atoms in total. The van der Waals surface area contributed by atoms with Gasteiger partial charge in [0, 0.05) is 31.6 Å². The average Bonchev–Trinajstić information content (AvgIpc) is 3.10. The Morgan fingerprint density at radius 1 is 1.48 bits per heavy atom. The zero-order valence-electron chi connectivity index (χ0n) is 14.4. The summed E-state index contributed by atoms with van der Waals surface area (Å²) in [5, 5.41) is 7.28. The molecular weight excluding hydrogens is 345 g/mol. The lowest BCUT2D eigenvalue weighted by Gasteiger charge is -2.35. The van der Waals surface area contributed by atoms with Crippen LogP contribution in [0.3, 0.4) is 0 Å². The van der Waals surface area contributed by atoms with Gasteiger partial charge in [-0.15, -0.1) is 12.4 Å². The SMILES string of the molecule is CCC(C)c1cc(C(=O)N2CCNCC2c2cccc(F)c2)on1.Cl. The highest BCUT2D eigenvalue weighted by atomic mass is 35.5. The van der Waals surface area contributed by atoms with Crippen molar-refractivity contribution in [1.82, 2.24) is 15.4 Å². The van der Waals surface area contributed by atoms with E-state index in [0.29, 0.717) is 19.6 Å². The molecule has 7 heteroatoms. The van der Waals surface area contributed by atoms with Crippen LogP contribution in [0.5, 0.6) is 0 Å². The summed E-state index contributed by atoms with van der Waals surface area (Å²) in [6, 6.07) is 7.88. The summed E-state index contributed by atoms with van der Waals surface area (Å²) in [4.78, 5) is 14.6. The molecule has 1 aromatic carbocycles. The smallest absolute Gasteiger partial charge is 0.293 e. The van der Waals surface area contributed by atoms with E-state index in [-0.39, 0.29) is 41.9 Å². The van der Waals surface area contributed by atoms with Crippen molar-refractivity contribution in [1.29, 1.82) is 0 Å². The Hall–Kier alpha value is -1.92. The topological polar surface area (TPSA) is 58.4 Å². The van der Waals surface area contributed by atoms with Crippen LogP contribution in [0.2, 0.25) is 0 Å². The first-order valence-electron chi connectivity index (χ1n) is 8.34. The van der Waals surface area contributed by atoms with E-state index in [1.807, 2.05) is 13.0 Å². The van der Waals surface area contributed by atoms with Crippen LogP contribution in [0.4, 0.5) is 4.39 Å². The summed E-state index contributed by atoms with van der Waals surface area (Å²) < 4.78 is 18.8. The fourth-order valence-electron chi connectivity index (χ4n) is 2.93. The number of hydrogen-bond acceptors (Lipinski definition) is 4. The second kappa shape index (κ2) is 8.45. The zero-order valence-corrected chi connectivity index (χ0v) is 15.2. The molecule has 136 valence electrons. The van der Waals surface area contributed by atoms with Crippen molar-refractivity contribution < 1.29 is 13.7 Å². The van der Waals surface area contributed by atoms with Gasteiger partial charge in [0.15, 0.2) is 0 Å². The molecule has 2 unspecified atom stereocenters. The molecule has 1 aliphatic heterocycles. The van der Waals surface area contributed by atoms with Crippen LogP contribution in [-0.2, 0) is 0 Å². The van der Waals surface area contributed by atoms with E-state index in [1.165, 1.54) is 12.1 Å². The summed E-state index contributed by atoms with van der Waals surface area (Å²) in [6.07, 6.45) is 0.930. The quantitative estimate of drug-likeness (QED) is 0.898. The number of carbonyl (C=O) groups excluding carboxylic acids is 1. The molecule has 0 spiro atoms. The van der Waals surface area contributed by atoms with Gasteiger partial charge in [0.1, 0.15) is 5.82 Å². The number of piperazine rings is 1. The Morgan fingerprint density at radius 2 is 2.28 bits per heavy atom. The normalized spacial score (nSPS) is 18.5.